The standard InChI is InChI=1S/C22H26O12/c23-7-15-17(27)18(28)19(29)22(33-15)34-21-16-10(6-13(25)11(16)3-4-31-21)8-32-20(30)9-1-2-12(24)14(26)5-9/h1-6,11,13,15-19,21-29H,7-8H2/t11-,13+,15+,16+,17-,18-,19+,21-,22-/m0/s1. The molecule has 0 spiro atoms. The van der Waals surface area contributed by atoms with Crippen molar-refractivity contribution < 1.29 is 59.5 Å². The molecule has 0 radical (unpaired) electrons. The van der Waals surface area contributed by atoms with Crippen LogP contribution in [0.3, 0.4) is 0 Å². The van der Waals surface area contributed by atoms with Crippen molar-refractivity contribution in [2.24, 2.45) is 11.8 Å². The van der Waals surface area contributed by atoms with Gasteiger partial charge in [0.15, 0.2) is 17.8 Å². The average Bonchev–Trinajstić information content (AvgIpc) is 3.16. The molecule has 4 rings (SSSR count). The predicted octanol–water partition coefficient (Wildman–Crippen LogP) is -1.53. The summed E-state index contributed by atoms with van der Waals surface area (Å²) in [6.45, 7) is -0.890. The van der Waals surface area contributed by atoms with Gasteiger partial charge in [-0.05, 0) is 29.8 Å². The molecule has 1 fully saturated rings. The van der Waals surface area contributed by atoms with Gasteiger partial charge in [-0.15, -0.1) is 0 Å². The van der Waals surface area contributed by atoms with E-state index in [0.717, 1.165) is 12.1 Å². The summed E-state index contributed by atoms with van der Waals surface area (Å²) in [5, 5.41) is 69.0. The minimum atomic E-state index is -1.65. The van der Waals surface area contributed by atoms with E-state index >= 15 is 0 Å². The molecule has 0 aromatic heterocycles. The number of benzene rings is 1. The van der Waals surface area contributed by atoms with Gasteiger partial charge in [-0.1, -0.05) is 6.08 Å². The second kappa shape index (κ2) is 9.88. The van der Waals surface area contributed by atoms with Gasteiger partial charge in [0, 0.05) is 5.92 Å². The molecule has 0 amide bonds. The molecule has 0 saturated carbocycles. The normalized spacial score (nSPS) is 37.0. The molecule has 2 heterocycles. The first kappa shape index (κ1) is 24.4. The van der Waals surface area contributed by atoms with Crippen molar-refractivity contribution >= 4 is 5.97 Å². The largest absolute Gasteiger partial charge is 0.504 e. The molecule has 1 aromatic rings. The quantitative estimate of drug-likeness (QED) is 0.141. The number of rotatable bonds is 6. The minimum absolute atomic E-state index is 0.0000890. The summed E-state index contributed by atoms with van der Waals surface area (Å²) < 4.78 is 21.9. The number of aliphatic hydroxyl groups is 5. The third-order valence-corrected chi connectivity index (χ3v) is 6.13. The van der Waals surface area contributed by atoms with E-state index in [-0.39, 0.29) is 17.9 Å². The number of carbonyl (C=O) groups is 1. The summed E-state index contributed by atoms with van der Waals surface area (Å²) in [5.41, 5.74) is 0.452. The van der Waals surface area contributed by atoms with E-state index in [9.17, 15) is 40.5 Å². The van der Waals surface area contributed by atoms with Gasteiger partial charge in [-0.3, -0.25) is 0 Å². The Hall–Kier alpha value is -2.71. The Kier molecular flexibility index (Phi) is 7.09. The van der Waals surface area contributed by atoms with Gasteiger partial charge in [0.05, 0.1) is 30.5 Å². The highest BCUT2D eigenvalue weighted by Crippen LogP contribution is 2.41. The van der Waals surface area contributed by atoms with E-state index in [1.165, 1.54) is 18.4 Å². The maximum Gasteiger partial charge on any atom is 0.338 e. The Morgan fingerprint density at radius 1 is 1.00 bits per heavy atom. The number of hydrogen-bond acceptors (Lipinski definition) is 12. The molecule has 7 N–H and O–H groups in total. The zero-order valence-electron chi connectivity index (χ0n) is 17.7. The molecule has 1 aliphatic carbocycles. The van der Waals surface area contributed by atoms with Crippen molar-refractivity contribution in [3.63, 3.8) is 0 Å². The first-order valence-electron chi connectivity index (χ1n) is 10.6. The first-order valence-corrected chi connectivity index (χ1v) is 10.6. The molecular formula is C22H26O12. The zero-order valence-corrected chi connectivity index (χ0v) is 17.7. The van der Waals surface area contributed by atoms with Crippen LogP contribution in [0.4, 0.5) is 0 Å². The van der Waals surface area contributed by atoms with Gasteiger partial charge in [0.2, 0.25) is 6.29 Å². The second-order valence-electron chi connectivity index (χ2n) is 8.28. The van der Waals surface area contributed by atoms with Gasteiger partial charge in [0.25, 0.3) is 0 Å². The van der Waals surface area contributed by atoms with Gasteiger partial charge in [0.1, 0.15) is 31.0 Å². The minimum Gasteiger partial charge on any atom is -0.504 e. The van der Waals surface area contributed by atoms with Crippen LogP contribution < -0.4 is 0 Å². The van der Waals surface area contributed by atoms with Crippen LogP contribution >= 0.6 is 0 Å². The molecule has 0 unspecified atom stereocenters. The number of fused-ring (bicyclic) bond motifs is 1. The van der Waals surface area contributed by atoms with Crippen LogP contribution in [-0.2, 0) is 18.9 Å². The Balaban J connectivity index is 1.46. The number of phenols is 2. The summed E-state index contributed by atoms with van der Waals surface area (Å²) in [7, 11) is 0. The predicted molar refractivity (Wildman–Crippen MR) is 110 cm³/mol. The SMILES string of the molecule is O=C(OCC1=C[C@@H](O)[C@@H]2C=CO[C@@H](O[C@@H]3O[C@H](CO)[C@H](O)[C@H](O)[C@H]3O)[C@H]12)c1ccc(O)c(O)c1. The van der Waals surface area contributed by atoms with Crippen LogP contribution in [0.1, 0.15) is 10.4 Å². The van der Waals surface area contributed by atoms with E-state index in [0.29, 0.717) is 5.57 Å². The average molecular weight is 482 g/mol. The molecule has 3 aliphatic rings. The van der Waals surface area contributed by atoms with Crippen LogP contribution in [0.2, 0.25) is 0 Å². The Morgan fingerprint density at radius 3 is 2.47 bits per heavy atom. The molecule has 12 nitrogen and oxygen atoms in total. The van der Waals surface area contributed by atoms with Crippen LogP contribution in [0, 0.1) is 11.8 Å². The van der Waals surface area contributed by atoms with E-state index in [2.05, 4.69) is 0 Å². The van der Waals surface area contributed by atoms with Gasteiger partial charge in [-0.25, -0.2) is 4.79 Å². The van der Waals surface area contributed by atoms with Crippen molar-refractivity contribution in [1.82, 2.24) is 0 Å². The molecule has 1 aromatic carbocycles. The maximum atomic E-state index is 12.4. The van der Waals surface area contributed by atoms with E-state index < -0.39 is 73.3 Å². The van der Waals surface area contributed by atoms with Crippen LogP contribution in [-0.4, -0.2) is 98.0 Å². The number of esters is 1. The molecule has 186 valence electrons. The molecule has 1 saturated heterocycles. The lowest BCUT2D eigenvalue weighted by molar-refractivity contribution is -0.339. The monoisotopic (exact) mass is 482 g/mol. The third kappa shape index (κ3) is 4.61. The van der Waals surface area contributed by atoms with Gasteiger partial charge < -0.3 is 54.7 Å². The highest BCUT2D eigenvalue weighted by molar-refractivity contribution is 5.90. The van der Waals surface area contributed by atoms with Gasteiger partial charge >= 0.3 is 5.97 Å². The lowest BCUT2D eigenvalue weighted by Crippen LogP contribution is -2.60. The number of hydrogen-bond donors (Lipinski definition) is 7. The Bertz CT molecular complexity index is 959. The lowest BCUT2D eigenvalue weighted by Gasteiger charge is -2.42. The summed E-state index contributed by atoms with van der Waals surface area (Å²) in [6.07, 6.45) is -5.16. The van der Waals surface area contributed by atoms with Crippen molar-refractivity contribution in [3.8, 4) is 11.5 Å². The van der Waals surface area contributed by atoms with E-state index in [4.69, 9.17) is 18.9 Å². The fourth-order valence-corrected chi connectivity index (χ4v) is 4.24. The lowest BCUT2D eigenvalue weighted by atomic mass is 9.88. The molecule has 2 aliphatic heterocycles. The fraction of sp³-hybridized carbons (Fsp3) is 0.500. The molecular weight excluding hydrogens is 456 g/mol. The van der Waals surface area contributed by atoms with Crippen LogP contribution in [0.25, 0.3) is 0 Å². The first-order chi connectivity index (χ1) is 16.2. The Morgan fingerprint density at radius 2 is 1.76 bits per heavy atom. The maximum absolute atomic E-state index is 12.4. The summed E-state index contributed by atoms with van der Waals surface area (Å²) in [5.74, 6) is -2.82. The molecule has 12 heteroatoms. The van der Waals surface area contributed by atoms with Gasteiger partial charge in [-0.2, -0.15) is 0 Å². The van der Waals surface area contributed by atoms with Crippen molar-refractivity contribution in [2.75, 3.05) is 13.2 Å². The van der Waals surface area contributed by atoms with Crippen LogP contribution in [0.5, 0.6) is 11.5 Å². The highest BCUT2D eigenvalue weighted by Gasteiger charge is 2.49. The number of ether oxygens (including phenoxy) is 4. The summed E-state index contributed by atoms with van der Waals surface area (Å²) in [4.78, 5) is 12.4. The zero-order chi connectivity index (χ0) is 24.6. The molecule has 9 atom stereocenters. The van der Waals surface area contributed by atoms with Crippen molar-refractivity contribution in [1.29, 1.82) is 0 Å². The van der Waals surface area contributed by atoms with E-state index in [1.54, 1.807) is 6.08 Å². The number of phenolic OH excluding ortho intramolecular Hbond substituents is 2. The summed E-state index contributed by atoms with van der Waals surface area (Å²) in [6, 6.07) is 3.47. The summed E-state index contributed by atoms with van der Waals surface area (Å²) >= 11 is 0. The fourth-order valence-electron chi connectivity index (χ4n) is 4.24. The van der Waals surface area contributed by atoms with E-state index in [1.807, 2.05) is 0 Å². The topological polar surface area (TPSA) is 196 Å². The number of carbonyl (C=O) groups excluding carboxylic acids is 1. The van der Waals surface area contributed by atoms with Crippen molar-refractivity contribution in [3.05, 3.63) is 47.7 Å². The number of aromatic hydroxyl groups is 2. The highest BCUT2D eigenvalue weighted by atomic mass is 16.8. The number of aliphatic hydroxyl groups excluding tert-OH is 5. The second-order valence-corrected chi connectivity index (χ2v) is 8.28. The third-order valence-electron chi connectivity index (χ3n) is 6.13. The molecule has 0 bridgehead atoms. The van der Waals surface area contributed by atoms with Crippen molar-refractivity contribution in [2.45, 2.75) is 43.1 Å². The smallest absolute Gasteiger partial charge is 0.338 e. The molecule has 34 heavy (non-hydrogen) atoms. The van der Waals surface area contributed by atoms with Crippen LogP contribution in [0.15, 0.2) is 42.2 Å². The Labute approximate surface area is 193 Å².